The van der Waals surface area contributed by atoms with Crippen LogP contribution >= 0.6 is 0 Å². The number of aliphatic hydroxyl groups excluding tert-OH is 1. The number of H-pyrrole nitrogens is 1. The van der Waals surface area contributed by atoms with Crippen LogP contribution < -0.4 is 16.6 Å². The van der Waals surface area contributed by atoms with Crippen LogP contribution in [0.2, 0.25) is 0 Å². The lowest BCUT2D eigenvalue weighted by atomic mass is 10.1. The molecule has 1 aromatic heterocycles. The zero-order valence-electron chi connectivity index (χ0n) is 12.6. The number of aromatic nitrogens is 2. The Morgan fingerprint density at radius 2 is 2.24 bits per heavy atom. The smallest absolute Gasteiger partial charge is 0.330 e. The number of hydrogen-bond donors (Lipinski definition) is 3. The Morgan fingerprint density at radius 3 is 2.86 bits per heavy atom. The van der Waals surface area contributed by atoms with Gasteiger partial charge in [0.2, 0.25) is 0 Å². The van der Waals surface area contributed by atoms with Crippen LogP contribution in [0, 0.1) is 12.8 Å². The van der Waals surface area contributed by atoms with E-state index in [4.69, 9.17) is 4.74 Å². The predicted molar refractivity (Wildman–Crippen MR) is 78.3 cm³/mol. The van der Waals surface area contributed by atoms with E-state index in [-0.39, 0.29) is 24.3 Å². The van der Waals surface area contributed by atoms with Gasteiger partial charge in [-0.05, 0) is 25.8 Å². The minimum absolute atomic E-state index is 0.0763. The molecular weight excluding hydrogens is 274 g/mol. The van der Waals surface area contributed by atoms with Gasteiger partial charge in [0.15, 0.2) is 6.23 Å². The number of aromatic amines is 1. The highest BCUT2D eigenvalue weighted by Crippen LogP contribution is 2.27. The predicted octanol–water partition coefficient (Wildman–Crippen LogP) is -0.261. The molecule has 0 spiro atoms. The Hall–Kier alpha value is -1.44. The van der Waals surface area contributed by atoms with Crippen molar-refractivity contribution in [2.24, 2.45) is 5.92 Å². The summed E-state index contributed by atoms with van der Waals surface area (Å²) in [7, 11) is 0. The maximum atomic E-state index is 12.0. The van der Waals surface area contributed by atoms with Gasteiger partial charge in [0.05, 0.1) is 18.8 Å². The molecule has 1 fully saturated rings. The lowest BCUT2D eigenvalue weighted by molar-refractivity contribution is -0.0307. The average Bonchev–Trinajstić information content (AvgIpc) is 2.83. The molecule has 0 aliphatic carbocycles. The van der Waals surface area contributed by atoms with Gasteiger partial charge in [-0.25, -0.2) is 4.79 Å². The van der Waals surface area contributed by atoms with Crippen molar-refractivity contribution >= 4 is 0 Å². The first kappa shape index (κ1) is 15.9. The second kappa shape index (κ2) is 6.55. The van der Waals surface area contributed by atoms with Gasteiger partial charge in [0, 0.05) is 11.8 Å². The standard InChI is InChI=1S/C14H23N3O4/c1-8(2)5-15-11-4-10(7-18)21-13(11)17-6-9(3)12(19)16-14(17)20/h6,8,10-11,13,15,18H,4-5,7H2,1-3H3,(H,16,19,20)/t10-,11+,13+/m0/s1. The van der Waals surface area contributed by atoms with E-state index >= 15 is 0 Å². The summed E-state index contributed by atoms with van der Waals surface area (Å²) >= 11 is 0. The number of rotatable bonds is 5. The molecule has 1 saturated heterocycles. The monoisotopic (exact) mass is 297 g/mol. The van der Waals surface area contributed by atoms with Gasteiger partial charge in [-0.15, -0.1) is 0 Å². The fourth-order valence-corrected chi connectivity index (χ4v) is 2.47. The van der Waals surface area contributed by atoms with Gasteiger partial charge in [-0.1, -0.05) is 13.8 Å². The van der Waals surface area contributed by atoms with Gasteiger partial charge >= 0.3 is 5.69 Å². The third kappa shape index (κ3) is 3.61. The van der Waals surface area contributed by atoms with Crippen molar-refractivity contribution in [2.45, 2.75) is 45.6 Å². The van der Waals surface area contributed by atoms with Crippen molar-refractivity contribution in [3.8, 4) is 0 Å². The highest BCUT2D eigenvalue weighted by Gasteiger charge is 2.36. The zero-order chi connectivity index (χ0) is 15.6. The molecule has 0 radical (unpaired) electrons. The molecule has 2 rings (SSSR count). The van der Waals surface area contributed by atoms with Crippen LogP contribution in [0.4, 0.5) is 0 Å². The molecule has 0 unspecified atom stereocenters. The highest BCUT2D eigenvalue weighted by atomic mass is 16.5. The fourth-order valence-electron chi connectivity index (χ4n) is 2.47. The van der Waals surface area contributed by atoms with Crippen LogP contribution in [0.1, 0.15) is 32.1 Å². The van der Waals surface area contributed by atoms with Crippen LogP contribution in [0.3, 0.4) is 0 Å². The number of nitrogens with zero attached hydrogens (tertiary/aromatic N) is 1. The Kier molecular flexibility index (Phi) is 4.97. The van der Waals surface area contributed by atoms with Crippen molar-refractivity contribution in [3.05, 3.63) is 32.6 Å². The van der Waals surface area contributed by atoms with E-state index in [0.29, 0.717) is 17.9 Å². The van der Waals surface area contributed by atoms with Crippen molar-refractivity contribution in [1.82, 2.24) is 14.9 Å². The lowest BCUT2D eigenvalue weighted by Crippen LogP contribution is -2.42. The zero-order valence-corrected chi connectivity index (χ0v) is 12.6. The second-order valence-electron chi connectivity index (χ2n) is 5.95. The van der Waals surface area contributed by atoms with Gasteiger partial charge in [0.25, 0.3) is 5.56 Å². The van der Waals surface area contributed by atoms with E-state index in [1.807, 2.05) is 0 Å². The van der Waals surface area contributed by atoms with Gasteiger partial charge < -0.3 is 15.2 Å². The third-order valence-electron chi connectivity index (χ3n) is 3.60. The molecule has 0 aromatic carbocycles. The van der Waals surface area contributed by atoms with E-state index in [1.165, 1.54) is 10.8 Å². The Morgan fingerprint density at radius 1 is 1.52 bits per heavy atom. The van der Waals surface area contributed by atoms with Crippen LogP contribution in [0.5, 0.6) is 0 Å². The summed E-state index contributed by atoms with van der Waals surface area (Å²) in [6.07, 6.45) is 1.30. The van der Waals surface area contributed by atoms with Crippen LogP contribution in [-0.4, -0.2) is 40.0 Å². The van der Waals surface area contributed by atoms with Gasteiger partial charge in [0.1, 0.15) is 0 Å². The second-order valence-corrected chi connectivity index (χ2v) is 5.95. The quantitative estimate of drug-likeness (QED) is 0.696. The first-order valence-corrected chi connectivity index (χ1v) is 7.24. The molecule has 0 bridgehead atoms. The SMILES string of the molecule is Cc1cn([C@@H]2O[C@H](CO)C[C@H]2NCC(C)C)c(=O)[nH]c1=O. The summed E-state index contributed by atoms with van der Waals surface area (Å²) in [5, 5.41) is 12.7. The summed E-state index contributed by atoms with van der Waals surface area (Å²) < 4.78 is 7.14. The van der Waals surface area contributed by atoms with Gasteiger partial charge in [-0.3, -0.25) is 14.3 Å². The normalized spacial score (nSPS) is 25.7. The number of nitrogens with one attached hydrogen (secondary N) is 2. The summed E-state index contributed by atoms with van der Waals surface area (Å²) in [4.78, 5) is 25.7. The molecule has 0 amide bonds. The van der Waals surface area contributed by atoms with Crippen LogP contribution in [-0.2, 0) is 4.74 Å². The first-order chi connectivity index (χ1) is 9.92. The summed E-state index contributed by atoms with van der Waals surface area (Å²) in [6.45, 7) is 6.53. The molecule has 0 saturated carbocycles. The minimum atomic E-state index is -0.524. The van der Waals surface area contributed by atoms with Gasteiger partial charge in [-0.2, -0.15) is 0 Å². The van der Waals surface area contributed by atoms with Crippen LogP contribution in [0.15, 0.2) is 15.8 Å². The third-order valence-corrected chi connectivity index (χ3v) is 3.60. The lowest BCUT2D eigenvalue weighted by Gasteiger charge is -2.22. The molecule has 2 heterocycles. The average molecular weight is 297 g/mol. The molecule has 1 aromatic rings. The first-order valence-electron chi connectivity index (χ1n) is 7.24. The van der Waals surface area contributed by atoms with E-state index in [9.17, 15) is 14.7 Å². The van der Waals surface area contributed by atoms with Crippen molar-refractivity contribution in [1.29, 1.82) is 0 Å². The maximum Gasteiger partial charge on any atom is 0.330 e. The Labute approximate surface area is 123 Å². The maximum absolute atomic E-state index is 12.0. The number of aliphatic hydroxyl groups is 1. The Bertz CT molecular complexity index is 593. The number of aryl methyl sites for hydroxylation is 1. The molecule has 1 aliphatic heterocycles. The van der Waals surface area contributed by atoms with Crippen LogP contribution in [0.25, 0.3) is 0 Å². The summed E-state index contributed by atoms with van der Waals surface area (Å²) in [6, 6.07) is -0.0763. The molecule has 3 N–H and O–H groups in total. The number of ether oxygens (including phenoxy) is 1. The topological polar surface area (TPSA) is 96.3 Å². The molecule has 21 heavy (non-hydrogen) atoms. The molecule has 7 nitrogen and oxygen atoms in total. The minimum Gasteiger partial charge on any atom is -0.394 e. The molecule has 7 heteroatoms. The van der Waals surface area contributed by atoms with E-state index in [1.54, 1.807) is 6.92 Å². The van der Waals surface area contributed by atoms with E-state index < -0.39 is 11.9 Å². The largest absolute Gasteiger partial charge is 0.394 e. The molecule has 3 atom stereocenters. The van der Waals surface area contributed by atoms with Crippen molar-refractivity contribution in [2.75, 3.05) is 13.2 Å². The molecule has 118 valence electrons. The summed E-state index contributed by atoms with van der Waals surface area (Å²) in [5.74, 6) is 0.466. The van der Waals surface area contributed by atoms with E-state index in [2.05, 4.69) is 24.1 Å². The highest BCUT2D eigenvalue weighted by molar-refractivity contribution is 5.02. The Balaban J connectivity index is 2.28. The van der Waals surface area contributed by atoms with Crippen molar-refractivity contribution < 1.29 is 9.84 Å². The molecular formula is C14H23N3O4. The van der Waals surface area contributed by atoms with Crippen molar-refractivity contribution in [3.63, 3.8) is 0 Å². The molecule has 1 aliphatic rings. The number of hydrogen-bond acceptors (Lipinski definition) is 5. The van der Waals surface area contributed by atoms with E-state index in [0.717, 1.165) is 6.54 Å². The fraction of sp³-hybridized carbons (Fsp3) is 0.714. The summed E-state index contributed by atoms with van der Waals surface area (Å²) in [5.41, 5.74) is -0.432.